The molecule has 0 spiro atoms. The molecule has 0 radical (unpaired) electrons. The summed E-state index contributed by atoms with van der Waals surface area (Å²) < 4.78 is 26.7. The van der Waals surface area contributed by atoms with E-state index in [0.29, 0.717) is 6.54 Å². The fraction of sp³-hybridized carbons (Fsp3) is 0.167. The van der Waals surface area contributed by atoms with E-state index in [1.165, 1.54) is 17.4 Å². The number of benzene rings is 1. The Labute approximate surface area is 111 Å². The number of para-hydroxylation sites is 1. The topological polar surface area (TPSA) is 72.2 Å². The second-order valence-electron chi connectivity index (χ2n) is 3.89. The van der Waals surface area contributed by atoms with Gasteiger partial charge in [0.15, 0.2) is 0 Å². The van der Waals surface area contributed by atoms with Crippen molar-refractivity contribution >= 4 is 27.0 Å². The van der Waals surface area contributed by atoms with Crippen molar-refractivity contribution in [1.82, 2.24) is 4.72 Å². The maximum Gasteiger partial charge on any atom is 0.242 e. The van der Waals surface area contributed by atoms with Crippen LogP contribution in [0.3, 0.4) is 0 Å². The third-order valence-corrected chi connectivity index (χ3v) is 5.10. The molecule has 1 heterocycles. The van der Waals surface area contributed by atoms with Crippen LogP contribution < -0.4 is 10.5 Å². The minimum Gasteiger partial charge on any atom is -0.398 e. The van der Waals surface area contributed by atoms with Gasteiger partial charge in [-0.15, -0.1) is 11.3 Å². The van der Waals surface area contributed by atoms with E-state index < -0.39 is 10.0 Å². The molecule has 0 saturated heterocycles. The van der Waals surface area contributed by atoms with Gasteiger partial charge < -0.3 is 5.73 Å². The van der Waals surface area contributed by atoms with Crippen molar-refractivity contribution in [1.29, 1.82) is 0 Å². The first-order chi connectivity index (χ1) is 8.50. The summed E-state index contributed by atoms with van der Waals surface area (Å²) in [6, 6.07) is 8.40. The van der Waals surface area contributed by atoms with Crippen molar-refractivity contribution in [3.8, 4) is 0 Å². The molecule has 4 nitrogen and oxygen atoms in total. The van der Waals surface area contributed by atoms with E-state index in [4.69, 9.17) is 5.73 Å². The Morgan fingerprint density at radius 3 is 2.61 bits per heavy atom. The zero-order valence-corrected chi connectivity index (χ0v) is 11.5. The molecule has 0 bridgehead atoms. The summed E-state index contributed by atoms with van der Waals surface area (Å²) in [5, 5.41) is 1.94. The van der Waals surface area contributed by atoms with Crippen molar-refractivity contribution in [2.75, 3.05) is 5.73 Å². The second kappa shape index (κ2) is 5.09. The number of hydrogen-bond donors (Lipinski definition) is 2. The highest BCUT2D eigenvalue weighted by Crippen LogP contribution is 2.19. The summed E-state index contributed by atoms with van der Waals surface area (Å²) in [6.45, 7) is 2.25. The Morgan fingerprint density at radius 2 is 2.00 bits per heavy atom. The number of anilines is 1. The van der Waals surface area contributed by atoms with Crippen LogP contribution >= 0.6 is 11.3 Å². The fourth-order valence-electron chi connectivity index (χ4n) is 1.55. The van der Waals surface area contributed by atoms with E-state index in [0.717, 1.165) is 10.4 Å². The predicted octanol–water partition coefficient (Wildman–Crippen LogP) is 2.12. The van der Waals surface area contributed by atoms with E-state index in [2.05, 4.69) is 4.72 Å². The SMILES string of the molecule is Cc1ccsc1CNS(=O)(=O)c1ccccc1N. The van der Waals surface area contributed by atoms with Crippen LogP contribution in [0.25, 0.3) is 0 Å². The van der Waals surface area contributed by atoms with E-state index in [-0.39, 0.29) is 10.6 Å². The van der Waals surface area contributed by atoms with Gasteiger partial charge in [-0.3, -0.25) is 0 Å². The van der Waals surface area contributed by atoms with Gasteiger partial charge in [0.05, 0.1) is 5.69 Å². The molecule has 6 heteroatoms. The van der Waals surface area contributed by atoms with Gasteiger partial charge >= 0.3 is 0 Å². The van der Waals surface area contributed by atoms with E-state index in [1.807, 2.05) is 18.4 Å². The minimum atomic E-state index is -3.55. The van der Waals surface area contributed by atoms with Gasteiger partial charge in [-0.1, -0.05) is 12.1 Å². The lowest BCUT2D eigenvalue weighted by Gasteiger charge is -2.08. The van der Waals surface area contributed by atoms with Crippen molar-refractivity contribution in [3.63, 3.8) is 0 Å². The highest BCUT2D eigenvalue weighted by atomic mass is 32.2. The number of aryl methyl sites for hydroxylation is 1. The predicted molar refractivity (Wildman–Crippen MR) is 73.9 cm³/mol. The maximum absolute atomic E-state index is 12.1. The molecule has 0 amide bonds. The Hall–Kier alpha value is -1.37. The largest absolute Gasteiger partial charge is 0.398 e. The number of nitrogen functional groups attached to an aromatic ring is 1. The van der Waals surface area contributed by atoms with Gasteiger partial charge in [0.1, 0.15) is 4.90 Å². The van der Waals surface area contributed by atoms with Gasteiger partial charge in [-0.05, 0) is 36.1 Å². The minimum absolute atomic E-state index is 0.124. The van der Waals surface area contributed by atoms with Crippen LogP contribution in [0.4, 0.5) is 5.69 Å². The fourth-order valence-corrected chi connectivity index (χ4v) is 3.61. The lowest BCUT2D eigenvalue weighted by molar-refractivity contribution is 0.582. The monoisotopic (exact) mass is 282 g/mol. The summed E-state index contributed by atoms with van der Waals surface area (Å²) in [5.74, 6) is 0. The molecule has 0 aliphatic heterocycles. The van der Waals surface area contributed by atoms with Gasteiger partial charge in [0.25, 0.3) is 0 Å². The van der Waals surface area contributed by atoms with E-state index in [1.54, 1.807) is 18.2 Å². The van der Waals surface area contributed by atoms with E-state index >= 15 is 0 Å². The smallest absolute Gasteiger partial charge is 0.242 e. The molecule has 96 valence electrons. The van der Waals surface area contributed by atoms with Crippen LogP contribution in [-0.2, 0) is 16.6 Å². The number of thiophene rings is 1. The zero-order chi connectivity index (χ0) is 13.2. The van der Waals surface area contributed by atoms with Gasteiger partial charge in [0, 0.05) is 11.4 Å². The normalized spacial score (nSPS) is 11.6. The second-order valence-corrected chi connectivity index (χ2v) is 6.63. The number of nitrogens with one attached hydrogen (secondary N) is 1. The van der Waals surface area contributed by atoms with Crippen molar-refractivity contribution in [2.24, 2.45) is 0 Å². The third kappa shape index (κ3) is 2.72. The average molecular weight is 282 g/mol. The van der Waals surface area contributed by atoms with Crippen LogP contribution in [0.1, 0.15) is 10.4 Å². The molecule has 0 fully saturated rings. The maximum atomic E-state index is 12.1. The van der Waals surface area contributed by atoms with Gasteiger partial charge in [-0.25, -0.2) is 13.1 Å². The van der Waals surface area contributed by atoms with Crippen LogP contribution in [-0.4, -0.2) is 8.42 Å². The molecular formula is C12H14N2O2S2. The molecule has 0 saturated carbocycles. The third-order valence-electron chi connectivity index (χ3n) is 2.60. The summed E-state index contributed by atoms with van der Waals surface area (Å²) in [6.07, 6.45) is 0. The highest BCUT2D eigenvalue weighted by Gasteiger charge is 2.16. The lowest BCUT2D eigenvalue weighted by atomic mass is 10.3. The molecule has 2 aromatic rings. The summed E-state index contributed by atoms with van der Waals surface area (Å²) in [4.78, 5) is 1.13. The molecule has 0 atom stereocenters. The Kier molecular flexibility index (Phi) is 3.70. The molecule has 0 aliphatic carbocycles. The lowest BCUT2D eigenvalue weighted by Crippen LogP contribution is -2.24. The number of hydrogen-bond acceptors (Lipinski definition) is 4. The molecule has 0 unspecified atom stereocenters. The summed E-state index contributed by atoms with van der Waals surface area (Å²) in [5.41, 5.74) is 7.01. The summed E-state index contributed by atoms with van der Waals surface area (Å²) >= 11 is 1.53. The molecule has 18 heavy (non-hydrogen) atoms. The molecule has 2 rings (SSSR count). The Balaban J connectivity index is 2.19. The van der Waals surface area contributed by atoms with Crippen LogP contribution in [0.15, 0.2) is 40.6 Å². The first kappa shape index (κ1) is 13.1. The molecular weight excluding hydrogens is 268 g/mol. The molecule has 1 aromatic carbocycles. The molecule has 3 N–H and O–H groups in total. The van der Waals surface area contributed by atoms with Crippen molar-refractivity contribution in [3.05, 3.63) is 46.2 Å². The number of rotatable bonds is 4. The number of sulfonamides is 1. The number of nitrogens with two attached hydrogens (primary N) is 1. The standard InChI is InChI=1S/C12H14N2O2S2/c1-9-6-7-17-11(9)8-14-18(15,16)12-5-3-2-4-10(12)13/h2-7,14H,8,13H2,1H3. The van der Waals surface area contributed by atoms with Crippen LogP contribution in [0, 0.1) is 6.92 Å². The van der Waals surface area contributed by atoms with Gasteiger partial charge in [0.2, 0.25) is 10.0 Å². The Morgan fingerprint density at radius 1 is 1.28 bits per heavy atom. The van der Waals surface area contributed by atoms with Crippen LogP contribution in [0.5, 0.6) is 0 Å². The van der Waals surface area contributed by atoms with Crippen molar-refractivity contribution < 1.29 is 8.42 Å². The van der Waals surface area contributed by atoms with Crippen molar-refractivity contribution in [2.45, 2.75) is 18.4 Å². The zero-order valence-electron chi connectivity index (χ0n) is 9.88. The summed E-state index contributed by atoms with van der Waals surface area (Å²) in [7, 11) is -3.55. The average Bonchev–Trinajstić information content (AvgIpc) is 2.73. The first-order valence-corrected chi connectivity index (χ1v) is 7.74. The quantitative estimate of drug-likeness (QED) is 0.844. The highest BCUT2D eigenvalue weighted by molar-refractivity contribution is 7.89. The first-order valence-electron chi connectivity index (χ1n) is 5.38. The Bertz CT molecular complexity index is 648. The molecule has 1 aromatic heterocycles. The molecule has 0 aliphatic rings. The van der Waals surface area contributed by atoms with Gasteiger partial charge in [-0.2, -0.15) is 0 Å². The van der Waals surface area contributed by atoms with Crippen LogP contribution in [0.2, 0.25) is 0 Å². The van der Waals surface area contributed by atoms with E-state index in [9.17, 15) is 8.42 Å².